The topological polar surface area (TPSA) is 160 Å². The second-order valence-corrected chi connectivity index (χ2v) is 8.83. The number of urea groups is 1. The van der Waals surface area contributed by atoms with Crippen LogP contribution < -0.4 is 16.7 Å². The number of primary amides is 1. The predicted molar refractivity (Wildman–Crippen MR) is 127 cm³/mol. The SMILES string of the molecule is CC(O)Cc1ccc(-n2ccc(NC(=O)N3CCN(C(=O)C(C)(C)OC(N)=O)CC3)nc2=O)cc1. The van der Waals surface area contributed by atoms with Crippen molar-refractivity contribution >= 4 is 23.8 Å². The fraction of sp³-hybridized carbons (Fsp3) is 0.435. The molecular weight excluding hydrogens is 456 g/mol. The number of aromatic nitrogens is 2. The molecule has 2 aromatic rings. The van der Waals surface area contributed by atoms with Crippen LogP contribution in [0.25, 0.3) is 5.69 Å². The monoisotopic (exact) mass is 486 g/mol. The highest BCUT2D eigenvalue weighted by atomic mass is 16.6. The smallest absolute Gasteiger partial charge is 0.405 e. The van der Waals surface area contributed by atoms with Gasteiger partial charge in [0.25, 0.3) is 5.91 Å². The first-order valence-corrected chi connectivity index (χ1v) is 11.2. The molecule has 1 atom stereocenters. The van der Waals surface area contributed by atoms with Gasteiger partial charge in [-0.1, -0.05) is 12.1 Å². The van der Waals surface area contributed by atoms with Gasteiger partial charge in [0.2, 0.25) is 0 Å². The van der Waals surface area contributed by atoms with E-state index in [0.29, 0.717) is 12.1 Å². The van der Waals surface area contributed by atoms with E-state index >= 15 is 0 Å². The first-order chi connectivity index (χ1) is 16.5. The van der Waals surface area contributed by atoms with Gasteiger partial charge < -0.3 is 25.4 Å². The van der Waals surface area contributed by atoms with Crippen molar-refractivity contribution in [1.29, 1.82) is 0 Å². The van der Waals surface area contributed by atoms with Crippen LogP contribution in [0.15, 0.2) is 41.3 Å². The minimum Gasteiger partial charge on any atom is -0.434 e. The molecule has 3 rings (SSSR count). The molecule has 1 aromatic carbocycles. The zero-order chi connectivity index (χ0) is 25.8. The summed E-state index contributed by atoms with van der Waals surface area (Å²) in [6.45, 7) is 5.61. The number of anilines is 1. The number of aliphatic hydroxyl groups is 1. The molecule has 188 valence electrons. The summed E-state index contributed by atoms with van der Waals surface area (Å²) >= 11 is 0. The third-order valence-corrected chi connectivity index (χ3v) is 5.51. The van der Waals surface area contributed by atoms with Crippen molar-refractivity contribution < 1.29 is 24.2 Å². The lowest BCUT2D eigenvalue weighted by Gasteiger charge is -2.37. The summed E-state index contributed by atoms with van der Waals surface area (Å²) in [5, 5.41) is 12.1. The number of amides is 4. The van der Waals surface area contributed by atoms with E-state index in [4.69, 9.17) is 10.5 Å². The average molecular weight is 487 g/mol. The summed E-state index contributed by atoms with van der Waals surface area (Å²) < 4.78 is 6.23. The predicted octanol–water partition coefficient (Wildman–Crippen LogP) is 0.706. The van der Waals surface area contributed by atoms with Gasteiger partial charge in [-0.3, -0.25) is 14.7 Å². The maximum Gasteiger partial charge on any atom is 0.405 e. The molecule has 1 saturated heterocycles. The largest absolute Gasteiger partial charge is 0.434 e. The summed E-state index contributed by atoms with van der Waals surface area (Å²) in [6, 6.07) is 8.25. The minimum absolute atomic E-state index is 0.108. The zero-order valence-corrected chi connectivity index (χ0v) is 19.9. The molecule has 1 unspecified atom stereocenters. The third kappa shape index (κ3) is 6.57. The first-order valence-electron chi connectivity index (χ1n) is 11.2. The Morgan fingerprint density at radius 3 is 2.26 bits per heavy atom. The maximum absolute atomic E-state index is 12.6. The fourth-order valence-corrected chi connectivity index (χ4v) is 3.78. The van der Waals surface area contributed by atoms with E-state index in [1.54, 1.807) is 19.1 Å². The van der Waals surface area contributed by atoms with Gasteiger partial charge in [-0.25, -0.2) is 14.4 Å². The average Bonchev–Trinajstić information content (AvgIpc) is 2.78. The van der Waals surface area contributed by atoms with Crippen molar-refractivity contribution in [1.82, 2.24) is 19.4 Å². The second kappa shape index (κ2) is 10.6. The molecule has 0 bridgehead atoms. The molecule has 12 heteroatoms. The molecule has 35 heavy (non-hydrogen) atoms. The lowest BCUT2D eigenvalue weighted by Crippen LogP contribution is -2.56. The molecule has 1 aliphatic heterocycles. The standard InChI is InChI=1S/C23H30N6O6/c1-15(30)14-16-4-6-17(7-5-16)29-9-8-18(26-22(29)34)25-21(33)28-12-10-27(11-13-28)19(31)23(2,3)35-20(24)32/h4-9,15,30H,10-14H2,1-3H3,(H2,24,32)(H,25,26,33,34). The summed E-state index contributed by atoms with van der Waals surface area (Å²) in [5.41, 5.74) is 4.62. The lowest BCUT2D eigenvalue weighted by atomic mass is 10.1. The lowest BCUT2D eigenvalue weighted by molar-refractivity contribution is -0.149. The molecule has 2 heterocycles. The number of carbonyl (C=O) groups is 3. The highest BCUT2D eigenvalue weighted by Crippen LogP contribution is 2.16. The van der Waals surface area contributed by atoms with Crippen LogP contribution in [0, 0.1) is 0 Å². The molecule has 4 amide bonds. The minimum atomic E-state index is -1.40. The second-order valence-electron chi connectivity index (χ2n) is 8.83. The highest BCUT2D eigenvalue weighted by molar-refractivity contribution is 5.89. The summed E-state index contributed by atoms with van der Waals surface area (Å²) in [7, 11) is 0. The Hall–Kier alpha value is -3.93. The molecule has 0 saturated carbocycles. The molecule has 0 spiro atoms. The van der Waals surface area contributed by atoms with E-state index < -0.39 is 35.4 Å². The van der Waals surface area contributed by atoms with Crippen LogP contribution in [0.4, 0.5) is 15.4 Å². The Morgan fingerprint density at radius 1 is 1.11 bits per heavy atom. The van der Waals surface area contributed by atoms with Crippen molar-refractivity contribution in [3.8, 4) is 5.69 Å². The number of aliphatic hydroxyl groups excluding tert-OH is 1. The van der Waals surface area contributed by atoms with Crippen LogP contribution in [0.2, 0.25) is 0 Å². The summed E-state index contributed by atoms with van der Waals surface area (Å²) in [5.74, 6) is -0.294. The Labute approximate surface area is 202 Å². The number of nitrogens with one attached hydrogen (secondary N) is 1. The van der Waals surface area contributed by atoms with Crippen molar-refractivity contribution in [3.05, 3.63) is 52.6 Å². The molecule has 4 N–H and O–H groups in total. The number of piperazine rings is 1. The quantitative estimate of drug-likeness (QED) is 0.542. The Bertz CT molecular complexity index is 1140. The highest BCUT2D eigenvalue weighted by Gasteiger charge is 2.37. The molecular formula is C23H30N6O6. The molecule has 1 fully saturated rings. The molecule has 12 nitrogen and oxygen atoms in total. The number of nitrogens with two attached hydrogens (primary N) is 1. The van der Waals surface area contributed by atoms with E-state index in [2.05, 4.69) is 10.3 Å². The van der Waals surface area contributed by atoms with Crippen LogP contribution in [0.1, 0.15) is 26.3 Å². The first kappa shape index (κ1) is 25.7. The van der Waals surface area contributed by atoms with Crippen molar-refractivity contribution in [2.24, 2.45) is 5.73 Å². The number of benzene rings is 1. The van der Waals surface area contributed by atoms with E-state index in [0.717, 1.165) is 5.56 Å². The van der Waals surface area contributed by atoms with Crippen LogP contribution >= 0.6 is 0 Å². The molecule has 1 aromatic heterocycles. The van der Waals surface area contributed by atoms with Crippen molar-refractivity contribution in [2.45, 2.75) is 38.9 Å². The van der Waals surface area contributed by atoms with Gasteiger partial charge >= 0.3 is 17.8 Å². The Morgan fingerprint density at radius 2 is 1.71 bits per heavy atom. The van der Waals surface area contributed by atoms with Crippen molar-refractivity contribution in [3.63, 3.8) is 0 Å². The van der Waals surface area contributed by atoms with Gasteiger partial charge in [0, 0.05) is 32.4 Å². The van der Waals surface area contributed by atoms with Crippen LogP contribution in [-0.2, 0) is 16.0 Å². The maximum atomic E-state index is 12.6. The van der Waals surface area contributed by atoms with Gasteiger partial charge in [0.1, 0.15) is 5.82 Å². The van der Waals surface area contributed by atoms with Gasteiger partial charge in [-0.2, -0.15) is 4.98 Å². The molecule has 1 aliphatic rings. The Balaban J connectivity index is 1.58. The third-order valence-electron chi connectivity index (χ3n) is 5.51. The number of hydrogen-bond donors (Lipinski definition) is 3. The number of rotatable bonds is 6. The fourth-order valence-electron chi connectivity index (χ4n) is 3.78. The summed E-state index contributed by atoms with van der Waals surface area (Å²) in [6.07, 6.45) is 0.537. The van der Waals surface area contributed by atoms with Crippen molar-refractivity contribution in [2.75, 3.05) is 31.5 Å². The van der Waals surface area contributed by atoms with Crippen LogP contribution in [0.5, 0.6) is 0 Å². The normalized spacial score (nSPS) is 14.9. The van der Waals surface area contributed by atoms with Gasteiger partial charge in [0.15, 0.2) is 5.60 Å². The van der Waals surface area contributed by atoms with E-state index in [9.17, 15) is 24.3 Å². The van der Waals surface area contributed by atoms with Gasteiger partial charge in [-0.15, -0.1) is 0 Å². The Kier molecular flexibility index (Phi) is 7.75. The van der Waals surface area contributed by atoms with Gasteiger partial charge in [-0.05, 0) is 51.0 Å². The molecule has 0 radical (unpaired) electrons. The van der Waals surface area contributed by atoms with E-state index in [1.165, 1.54) is 40.5 Å². The number of nitrogens with zero attached hydrogens (tertiary/aromatic N) is 4. The van der Waals surface area contributed by atoms with E-state index in [-0.39, 0.29) is 32.0 Å². The zero-order valence-electron chi connectivity index (χ0n) is 19.9. The number of ether oxygens (including phenoxy) is 1. The van der Waals surface area contributed by atoms with Crippen LogP contribution in [0.3, 0.4) is 0 Å². The van der Waals surface area contributed by atoms with Gasteiger partial charge in [0.05, 0.1) is 11.8 Å². The number of hydrogen-bond acceptors (Lipinski definition) is 7. The number of carbonyl (C=O) groups excluding carboxylic acids is 3. The summed E-state index contributed by atoms with van der Waals surface area (Å²) in [4.78, 5) is 55.7. The van der Waals surface area contributed by atoms with Crippen LogP contribution in [-0.4, -0.2) is 80.4 Å². The molecule has 0 aliphatic carbocycles. The van der Waals surface area contributed by atoms with E-state index in [1.807, 2.05) is 12.1 Å².